The van der Waals surface area contributed by atoms with Gasteiger partial charge in [0.05, 0.1) is 0 Å². The lowest BCUT2D eigenvalue weighted by atomic mass is 10.0. The van der Waals surface area contributed by atoms with Crippen LogP contribution in [0, 0.1) is 0 Å². The van der Waals surface area contributed by atoms with Crippen molar-refractivity contribution in [3.8, 4) is 0 Å². The van der Waals surface area contributed by atoms with E-state index in [4.69, 9.17) is 14.2 Å². The Kier molecular flexibility index (Phi) is 70.0. The fourth-order valence-electron chi connectivity index (χ4n) is 11.5. The average molecular weight is 1170 g/mol. The molecular weight excluding hydrogens is 1020 g/mol. The second-order valence-corrected chi connectivity index (χ2v) is 25.6. The fourth-order valence-corrected chi connectivity index (χ4v) is 11.5. The Morgan fingerprint density at radius 2 is 0.434 bits per heavy atom. The van der Waals surface area contributed by atoms with Crippen LogP contribution in [-0.2, 0) is 28.6 Å². The second-order valence-electron chi connectivity index (χ2n) is 25.6. The van der Waals surface area contributed by atoms with Crippen LogP contribution < -0.4 is 0 Å². The predicted octanol–water partition coefficient (Wildman–Crippen LogP) is 25.9. The van der Waals surface area contributed by atoms with Crippen molar-refractivity contribution in [3.63, 3.8) is 0 Å². The van der Waals surface area contributed by atoms with E-state index in [-0.39, 0.29) is 31.1 Å². The van der Waals surface area contributed by atoms with Crippen molar-refractivity contribution < 1.29 is 28.6 Å². The van der Waals surface area contributed by atoms with E-state index in [1.54, 1.807) is 0 Å². The first kappa shape index (κ1) is 80.6. The normalized spacial score (nSPS) is 12.2. The summed E-state index contributed by atoms with van der Waals surface area (Å²) in [5.74, 6) is -0.856. The van der Waals surface area contributed by atoms with Gasteiger partial charge in [-0.15, -0.1) is 0 Å². The van der Waals surface area contributed by atoms with Crippen LogP contribution in [0.15, 0.2) is 36.5 Å². The Balaban J connectivity index is 4.24. The molecule has 6 nitrogen and oxygen atoms in total. The smallest absolute Gasteiger partial charge is 0.306 e. The summed E-state index contributed by atoms with van der Waals surface area (Å²) in [7, 11) is 0. The maximum absolute atomic E-state index is 13.0. The SMILES string of the molecule is CCCCC/C=C\C/C=C\CCCCCCCC(=O)OCC(COC(=O)CCCCCCCCCCCCCCCCCCCCCCCCCCCCC)OC(=O)CCCCCCCCCCCCC/C=C\CCCCCCCCCC. The first-order valence-corrected chi connectivity index (χ1v) is 37.5. The van der Waals surface area contributed by atoms with E-state index in [1.165, 1.54) is 302 Å². The molecule has 0 radical (unpaired) electrons. The number of carbonyl (C=O) groups is 3. The summed E-state index contributed by atoms with van der Waals surface area (Å²) >= 11 is 0. The topological polar surface area (TPSA) is 78.9 Å². The number of hydrogen-bond acceptors (Lipinski definition) is 6. The van der Waals surface area contributed by atoms with Crippen molar-refractivity contribution in [3.05, 3.63) is 36.5 Å². The van der Waals surface area contributed by atoms with Crippen LogP contribution in [0.1, 0.15) is 419 Å². The molecule has 1 unspecified atom stereocenters. The third-order valence-electron chi connectivity index (χ3n) is 17.1. The quantitative estimate of drug-likeness (QED) is 0.0261. The summed E-state index contributed by atoms with van der Waals surface area (Å²) in [6.07, 6.45) is 90.5. The van der Waals surface area contributed by atoms with Crippen LogP contribution in [0.3, 0.4) is 0 Å². The van der Waals surface area contributed by atoms with Gasteiger partial charge in [0.1, 0.15) is 13.2 Å². The number of unbranched alkanes of at least 4 members (excludes halogenated alkanes) is 53. The monoisotopic (exact) mass is 1170 g/mol. The number of esters is 3. The molecular formula is C77H144O6. The summed E-state index contributed by atoms with van der Waals surface area (Å²) in [5, 5.41) is 0. The zero-order chi connectivity index (χ0) is 59.9. The summed E-state index contributed by atoms with van der Waals surface area (Å²) in [5.41, 5.74) is 0. The molecule has 0 aliphatic rings. The molecule has 0 saturated carbocycles. The Hall–Kier alpha value is -2.37. The lowest BCUT2D eigenvalue weighted by molar-refractivity contribution is -0.167. The molecule has 0 aromatic carbocycles. The van der Waals surface area contributed by atoms with Gasteiger partial charge in [0.15, 0.2) is 6.10 Å². The number of hydrogen-bond donors (Lipinski definition) is 0. The molecule has 0 aromatic rings. The molecule has 0 N–H and O–H groups in total. The number of ether oxygens (including phenoxy) is 3. The minimum atomic E-state index is -0.778. The number of carbonyl (C=O) groups excluding carboxylic acids is 3. The van der Waals surface area contributed by atoms with Gasteiger partial charge in [0.2, 0.25) is 0 Å². The molecule has 83 heavy (non-hydrogen) atoms. The molecule has 0 spiro atoms. The van der Waals surface area contributed by atoms with Gasteiger partial charge in [0.25, 0.3) is 0 Å². The van der Waals surface area contributed by atoms with Gasteiger partial charge >= 0.3 is 17.9 Å². The van der Waals surface area contributed by atoms with Crippen molar-refractivity contribution in [1.29, 1.82) is 0 Å². The lowest BCUT2D eigenvalue weighted by Gasteiger charge is -2.18. The molecule has 0 rings (SSSR count). The van der Waals surface area contributed by atoms with Gasteiger partial charge < -0.3 is 14.2 Å². The largest absolute Gasteiger partial charge is 0.462 e. The number of allylic oxidation sites excluding steroid dienone is 6. The van der Waals surface area contributed by atoms with E-state index in [0.29, 0.717) is 19.3 Å². The third-order valence-corrected chi connectivity index (χ3v) is 17.1. The lowest BCUT2D eigenvalue weighted by Crippen LogP contribution is -2.30. The van der Waals surface area contributed by atoms with E-state index >= 15 is 0 Å². The highest BCUT2D eigenvalue weighted by molar-refractivity contribution is 5.71. The maximum atomic E-state index is 13.0. The Morgan fingerprint density at radius 3 is 0.699 bits per heavy atom. The van der Waals surface area contributed by atoms with Crippen molar-refractivity contribution in [2.75, 3.05) is 13.2 Å². The van der Waals surface area contributed by atoms with Crippen LogP contribution in [0.2, 0.25) is 0 Å². The average Bonchev–Trinajstić information content (AvgIpc) is 3.49. The van der Waals surface area contributed by atoms with Crippen LogP contribution in [0.4, 0.5) is 0 Å². The molecule has 0 heterocycles. The molecule has 0 bridgehead atoms. The predicted molar refractivity (Wildman–Crippen MR) is 362 cm³/mol. The first-order valence-electron chi connectivity index (χ1n) is 37.5. The summed E-state index contributed by atoms with van der Waals surface area (Å²) in [6, 6.07) is 0. The van der Waals surface area contributed by atoms with Gasteiger partial charge in [-0.3, -0.25) is 14.4 Å². The van der Waals surface area contributed by atoms with E-state index in [1.807, 2.05) is 0 Å². The van der Waals surface area contributed by atoms with Crippen molar-refractivity contribution in [2.24, 2.45) is 0 Å². The van der Waals surface area contributed by atoms with Gasteiger partial charge in [0, 0.05) is 19.3 Å². The van der Waals surface area contributed by atoms with E-state index in [2.05, 4.69) is 57.2 Å². The minimum absolute atomic E-state index is 0.0719. The molecule has 1 atom stereocenters. The van der Waals surface area contributed by atoms with Crippen molar-refractivity contribution in [1.82, 2.24) is 0 Å². The molecule has 0 fully saturated rings. The van der Waals surface area contributed by atoms with Gasteiger partial charge in [-0.2, -0.15) is 0 Å². The second kappa shape index (κ2) is 72.1. The van der Waals surface area contributed by atoms with E-state index in [0.717, 1.165) is 77.0 Å². The Morgan fingerprint density at radius 1 is 0.241 bits per heavy atom. The number of rotatable bonds is 70. The fraction of sp³-hybridized carbons (Fsp3) is 0.883. The van der Waals surface area contributed by atoms with E-state index < -0.39 is 6.10 Å². The molecule has 0 amide bonds. The Labute approximate surface area is 518 Å². The van der Waals surface area contributed by atoms with Crippen molar-refractivity contribution >= 4 is 17.9 Å². The first-order chi connectivity index (χ1) is 41.0. The highest BCUT2D eigenvalue weighted by Crippen LogP contribution is 2.19. The molecule has 0 saturated heterocycles. The van der Waals surface area contributed by atoms with Crippen LogP contribution in [-0.4, -0.2) is 37.2 Å². The molecule has 488 valence electrons. The molecule has 6 heteroatoms. The Bertz CT molecular complexity index is 1380. The maximum Gasteiger partial charge on any atom is 0.306 e. The third kappa shape index (κ3) is 70.3. The highest BCUT2D eigenvalue weighted by Gasteiger charge is 2.20. The summed E-state index contributed by atoms with van der Waals surface area (Å²) in [6.45, 7) is 6.69. The van der Waals surface area contributed by atoms with E-state index in [9.17, 15) is 14.4 Å². The molecule has 0 aliphatic heterocycles. The zero-order valence-corrected chi connectivity index (χ0v) is 56.2. The molecule has 0 aliphatic carbocycles. The van der Waals surface area contributed by atoms with Crippen LogP contribution >= 0.6 is 0 Å². The molecule has 0 aromatic heterocycles. The standard InChI is InChI=1S/C77H144O6/c1-4-7-10-13-16-19-22-25-28-30-32-34-36-37-38-39-41-42-44-46-49-52-55-58-61-64-67-70-76(79)82-73-74(72-81-75(78)69-66-63-60-57-54-51-48-27-24-21-18-15-12-9-6-3)83-77(80)71-68-65-62-59-56-53-50-47-45-43-40-35-33-31-29-26-23-20-17-14-11-8-5-2/h18,21,27,31,33,48,74H,4-17,19-20,22-26,28-30,32,34-47,49-73H2,1-3H3/b21-18-,33-31-,48-27-. The highest BCUT2D eigenvalue weighted by atomic mass is 16.6. The van der Waals surface area contributed by atoms with Crippen LogP contribution in [0.25, 0.3) is 0 Å². The minimum Gasteiger partial charge on any atom is -0.462 e. The van der Waals surface area contributed by atoms with Crippen LogP contribution in [0.5, 0.6) is 0 Å². The van der Waals surface area contributed by atoms with Gasteiger partial charge in [-0.25, -0.2) is 0 Å². The zero-order valence-electron chi connectivity index (χ0n) is 56.2. The summed E-state index contributed by atoms with van der Waals surface area (Å²) < 4.78 is 17.0. The summed E-state index contributed by atoms with van der Waals surface area (Å²) in [4.78, 5) is 38.5. The van der Waals surface area contributed by atoms with Crippen molar-refractivity contribution in [2.45, 2.75) is 425 Å². The van der Waals surface area contributed by atoms with Gasteiger partial charge in [-0.05, 0) is 77.0 Å². The van der Waals surface area contributed by atoms with Gasteiger partial charge in [-0.1, -0.05) is 359 Å².